The van der Waals surface area contributed by atoms with Crippen LogP contribution in [0, 0.1) is 5.92 Å². The van der Waals surface area contributed by atoms with E-state index in [9.17, 15) is 14.4 Å². The summed E-state index contributed by atoms with van der Waals surface area (Å²) in [7, 11) is 0. The Bertz CT molecular complexity index is 841. The number of esters is 3. The number of ether oxygens (including phenoxy) is 3. The van der Waals surface area contributed by atoms with Crippen molar-refractivity contribution >= 4 is 17.9 Å². The number of carbonyl (C=O) groups is 3. The van der Waals surface area contributed by atoms with Crippen molar-refractivity contribution in [1.29, 1.82) is 0 Å². The van der Waals surface area contributed by atoms with Gasteiger partial charge in [-0.3, -0.25) is 14.4 Å². The van der Waals surface area contributed by atoms with Gasteiger partial charge in [-0.2, -0.15) is 0 Å². The Morgan fingerprint density at radius 2 is 0.589 bits per heavy atom. The van der Waals surface area contributed by atoms with Crippen LogP contribution in [0.4, 0.5) is 0 Å². The van der Waals surface area contributed by atoms with E-state index < -0.39 is 6.10 Å². The standard InChI is InChI=1S/C50H96O6/c1-5-7-9-11-13-15-17-18-19-20-21-22-23-24-25-27-29-35-39-43-50(53)56-47(45-55-49(52)42-38-34-31-30-32-36-40-46(3)4)44-54-48(51)41-37-33-28-26-16-14-12-10-8-6-2/h46-47H,5-45H2,1-4H3/t47-/m1/s1. The summed E-state index contributed by atoms with van der Waals surface area (Å²) in [6, 6.07) is 0. The molecule has 0 heterocycles. The lowest BCUT2D eigenvalue weighted by Crippen LogP contribution is -2.30. The minimum atomic E-state index is -0.760. The Balaban J connectivity index is 4.22. The maximum absolute atomic E-state index is 12.7. The molecule has 0 radical (unpaired) electrons. The molecule has 0 rings (SSSR count). The molecule has 0 aromatic rings. The van der Waals surface area contributed by atoms with Crippen LogP contribution < -0.4 is 0 Å². The molecule has 0 saturated carbocycles. The Hall–Kier alpha value is -1.59. The molecular weight excluding hydrogens is 697 g/mol. The molecule has 56 heavy (non-hydrogen) atoms. The third-order valence-corrected chi connectivity index (χ3v) is 11.3. The summed E-state index contributed by atoms with van der Waals surface area (Å²) < 4.78 is 16.7. The first-order valence-electron chi connectivity index (χ1n) is 24.9. The van der Waals surface area contributed by atoms with Crippen LogP contribution in [-0.2, 0) is 28.6 Å². The number of rotatable bonds is 45. The normalized spacial score (nSPS) is 11.9. The van der Waals surface area contributed by atoms with Crippen molar-refractivity contribution in [3.63, 3.8) is 0 Å². The second-order valence-electron chi connectivity index (χ2n) is 17.6. The Morgan fingerprint density at radius 1 is 0.339 bits per heavy atom. The van der Waals surface area contributed by atoms with E-state index in [0.717, 1.165) is 63.7 Å². The van der Waals surface area contributed by atoms with Gasteiger partial charge >= 0.3 is 17.9 Å². The van der Waals surface area contributed by atoms with Gasteiger partial charge in [-0.25, -0.2) is 0 Å². The lowest BCUT2D eigenvalue weighted by Gasteiger charge is -2.18. The van der Waals surface area contributed by atoms with Crippen LogP contribution in [0.3, 0.4) is 0 Å². The summed E-state index contributed by atoms with van der Waals surface area (Å²) in [5.74, 6) is -0.0916. The van der Waals surface area contributed by atoms with E-state index in [1.807, 2.05) is 0 Å². The molecule has 6 heteroatoms. The fourth-order valence-electron chi connectivity index (χ4n) is 7.51. The number of hydrogen-bond donors (Lipinski definition) is 0. The van der Waals surface area contributed by atoms with Crippen molar-refractivity contribution in [2.75, 3.05) is 13.2 Å². The van der Waals surface area contributed by atoms with E-state index in [-0.39, 0.29) is 31.1 Å². The first-order valence-corrected chi connectivity index (χ1v) is 24.9. The smallest absolute Gasteiger partial charge is 0.306 e. The van der Waals surface area contributed by atoms with Crippen LogP contribution in [0.1, 0.15) is 278 Å². The molecule has 0 aromatic carbocycles. The largest absolute Gasteiger partial charge is 0.462 e. The van der Waals surface area contributed by atoms with Crippen LogP contribution >= 0.6 is 0 Å². The second kappa shape index (κ2) is 44.5. The zero-order chi connectivity index (χ0) is 41.0. The number of carbonyl (C=O) groups excluding carboxylic acids is 3. The first-order chi connectivity index (χ1) is 27.4. The highest BCUT2D eigenvalue weighted by molar-refractivity contribution is 5.71. The van der Waals surface area contributed by atoms with Crippen molar-refractivity contribution in [3.05, 3.63) is 0 Å². The molecule has 0 aliphatic rings. The first kappa shape index (κ1) is 54.4. The van der Waals surface area contributed by atoms with Crippen molar-refractivity contribution in [1.82, 2.24) is 0 Å². The van der Waals surface area contributed by atoms with E-state index in [1.54, 1.807) is 0 Å². The zero-order valence-corrected chi connectivity index (χ0v) is 38.1. The van der Waals surface area contributed by atoms with Crippen LogP contribution in [-0.4, -0.2) is 37.2 Å². The van der Waals surface area contributed by atoms with Gasteiger partial charge in [0.25, 0.3) is 0 Å². The van der Waals surface area contributed by atoms with Crippen LogP contribution in [0.5, 0.6) is 0 Å². The maximum Gasteiger partial charge on any atom is 0.306 e. The fraction of sp³-hybridized carbons (Fsp3) is 0.940. The van der Waals surface area contributed by atoms with Gasteiger partial charge in [-0.1, -0.05) is 240 Å². The topological polar surface area (TPSA) is 78.9 Å². The molecule has 0 aliphatic carbocycles. The monoisotopic (exact) mass is 793 g/mol. The van der Waals surface area contributed by atoms with Gasteiger partial charge in [0.05, 0.1) is 0 Å². The molecule has 0 aliphatic heterocycles. The fourth-order valence-corrected chi connectivity index (χ4v) is 7.51. The van der Waals surface area contributed by atoms with E-state index >= 15 is 0 Å². The third kappa shape index (κ3) is 43.5. The van der Waals surface area contributed by atoms with Gasteiger partial charge in [-0.15, -0.1) is 0 Å². The molecule has 332 valence electrons. The van der Waals surface area contributed by atoms with E-state index in [2.05, 4.69) is 27.7 Å². The van der Waals surface area contributed by atoms with Crippen molar-refractivity contribution in [3.8, 4) is 0 Å². The lowest BCUT2D eigenvalue weighted by molar-refractivity contribution is -0.167. The van der Waals surface area contributed by atoms with Crippen molar-refractivity contribution in [2.45, 2.75) is 284 Å². The van der Waals surface area contributed by atoms with Crippen molar-refractivity contribution < 1.29 is 28.6 Å². The SMILES string of the molecule is CCCCCCCCCCCCCCCCCCCCCC(=O)O[C@H](COC(=O)CCCCCCCCCCCC)COC(=O)CCCCCCCCC(C)C. The van der Waals surface area contributed by atoms with Crippen LogP contribution in [0.15, 0.2) is 0 Å². The Labute approximate surface area is 348 Å². The predicted octanol–water partition coefficient (Wildman–Crippen LogP) is 15.9. The number of unbranched alkanes of at least 4 members (excludes halogenated alkanes) is 32. The molecule has 0 fully saturated rings. The van der Waals surface area contributed by atoms with Gasteiger partial charge in [0.1, 0.15) is 13.2 Å². The molecule has 0 aromatic heterocycles. The van der Waals surface area contributed by atoms with Gasteiger partial charge in [0.2, 0.25) is 0 Å². The lowest BCUT2D eigenvalue weighted by atomic mass is 10.0. The van der Waals surface area contributed by atoms with E-state index in [4.69, 9.17) is 14.2 Å². The van der Waals surface area contributed by atoms with Gasteiger partial charge in [0.15, 0.2) is 6.10 Å². The van der Waals surface area contributed by atoms with E-state index in [1.165, 1.54) is 173 Å². The van der Waals surface area contributed by atoms with E-state index in [0.29, 0.717) is 19.3 Å². The highest BCUT2D eigenvalue weighted by Crippen LogP contribution is 2.17. The Morgan fingerprint density at radius 3 is 0.875 bits per heavy atom. The average molecular weight is 793 g/mol. The summed E-state index contributed by atoms with van der Waals surface area (Å²) in [6.45, 7) is 8.94. The van der Waals surface area contributed by atoms with Gasteiger partial charge in [0, 0.05) is 19.3 Å². The predicted molar refractivity (Wildman–Crippen MR) is 238 cm³/mol. The molecule has 1 atom stereocenters. The zero-order valence-electron chi connectivity index (χ0n) is 38.1. The molecule has 6 nitrogen and oxygen atoms in total. The molecular formula is C50H96O6. The highest BCUT2D eigenvalue weighted by Gasteiger charge is 2.19. The minimum absolute atomic E-state index is 0.0643. The summed E-state index contributed by atoms with van der Waals surface area (Å²) in [5, 5.41) is 0. The maximum atomic E-state index is 12.7. The average Bonchev–Trinajstić information content (AvgIpc) is 3.18. The van der Waals surface area contributed by atoms with Gasteiger partial charge in [-0.05, 0) is 25.2 Å². The molecule has 0 amide bonds. The minimum Gasteiger partial charge on any atom is -0.462 e. The third-order valence-electron chi connectivity index (χ3n) is 11.3. The molecule has 0 saturated heterocycles. The summed E-state index contributed by atoms with van der Waals surface area (Å²) in [6.07, 6.45) is 45.4. The summed E-state index contributed by atoms with van der Waals surface area (Å²) >= 11 is 0. The van der Waals surface area contributed by atoms with Gasteiger partial charge < -0.3 is 14.2 Å². The highest BCUT2D eigenvalue weighted by atomic mass is 16.6. The quantitative estimate of drug-likeness (QED) is 0.0347. The van der Waals surface area contributed by atoms with Crippen LogP contribution in [0.2, 0.25) is 0 Å². The second-order valence-corrected chi connectivity index (χ2v) is 17.6. The molecule has 0 N–H and O–H groups in total. The molecule has 0 bridgehead atoms. The molecule has 0 unspecified atom stereocenters. The number of hydrogen-bond acceptors (Lipinski definition) is 6. The van der Waals surface area contributed by atoms with Crippen LogP contribution in [0.25, 0.3) is 0 Å². The Kier molecular flexibility index (Phi) is 43.2. The van der Waals surface area contributed by atoms with Crippen molar-refractivity contribution in [2.24, 2.45) is 5.92 Å². The summed E-state index contributed by atoms with van der Waals surface area (Å²) in [5.41, 5.74) is 0. The summed E-state index contributed by atoms with van der Waals surface area (Å²) in [4.78, 5) is 37.7. The molecule has 0 spiro atoms.